The first-order valence-corrected chi connectivity index (χ1v) is 15.9. The van der Waals surface area contributed by atoms with Crippen LogP contribution in [-0.2, 0) is 4.79 Å². The number of rotatable bonds is 7. The third kappa shape index (κ3) is 5.83. The van der Waals surface area contributed by atoms with Gasteiger partial charge in [-0.25, -0.2) is 0 Å². The molecule has 0 amide bonds. The summed E-state index contributed by atoms with van der Waals surface area (Å²) in [5.41, 5.74) is 0.325. The summed E-state index contributed by atoms with van der Waals surface area (Å²) in [6.45, 7) is 27.8. The van der Waals surface area contributed by atoms with E-state index in [-0.39, 0.29) is 21.0 Å². The van der Waals surface area contributed by atoms with Crippen molar-refractivity contribution in [3.05, 3.63) is 0 Å². The lowest BCUT2D eigenvalue weighted by Crippen LogP contribution is -2.56. The smallest absolute Gasteiger partial charge is 0.132 e. The van der Waals surface area contributed by atoms with Crippen molar-refractivity contribution in [3.63, 3.8) is 0 Å². The first-order valence-electron chi connectivity index (χ1n) is 9.79. The molecule has 1 nitrogen and oxygen atoms in total. The zero-order chi connectivity index (χ0) is 20.5. The zero-order valence-electron chi connectivity index (χ0n) is 19.2. The normalized spacial score (nSPS) is 15.6. The Balaban J connectivity index is 6.05. The van der Waals surface area contributed by atoms with Crippen LogP contribution in [0.4, 0.5) is 0 Å². The molecule has 0 aromatic carbocycles. The number of hydrogen-bond acceptors (Lipinski definition) is 1. The topological polar surface area (TPSA) is 17.1 Å². The van der Waals surface area contributed by atoms with Gasteiger partial charge in [0.05, 0.1) is 8.07 Å². The molecule has 0 bridgehead atoms. The Morgan fingerprint density at radius 3 is 1.68 bits per heavy atom. The maximum absolute atomic E-state index is 13.9. The van der Waals surface area contributed by atoms with Crippen LogP contribution >= 0.6 is 0 Å². The van der Waals surface area contributed by atoms with Gasteiger partial charge in [-0.15, -0.1) is 12.3 Å². The van der Waals surface area contributed by atoms with Gasteiger partial charge in [-0.05, 0) is 28.3 Å². The molecule has 0 spiro atoms. The zero-order valence-corrected chi connectivity index (χ0v) is 21.2. The van der Waals surface area contributed by atoms with E-state index >= 15 is 0 Å². The molecule has 0 radical (unpaired) electrons. The number of carbonyl (C=O) groups is 1. The molecular weight excluding hydrogens is 336 g/mol. The van der Waals surface area contributed by atoms with Crippen molar-refractivity contribution in [2.75, 3.05) is 0 Å². The second kappa shape index (κ2) is 7.73. The van der Waals surface area contributed by atoms with E-state index in [1.807, 2.05) is 0 Å². The molecule has 3 heteroatoms. The number of terminal acetylenes is 1. The van der Waals surface area contributed by atoms with Crippen molar-refractivity contribution < 1.29 is 4.79 Å². The van der Waals surface area contributed by atoms with E-state index in [0.29, 0.717) is 5.41 Å². The van der Waals surface area contributed by atoms with Gasteiger partial charge in [-0.2, -0.15) is 0 Å². The largest absolute Gasteiger partial charge is 0.305 e. The molecule has 25 heavy (non-hydrogen) atoms. The maximum Gasteiger partial charge on any atom is 0.132 e. The Labute approximate surface area is 160 Å². The minimum atomic E-state index is -2.04. The fourth-order valence-electron chi connectivity index (χ4n) is 3.07. The van der Waals surface area contributed by atoms with Crippen molar-refractivity contribution in [1.82, 2.24) is 0 Å². The maximum atomic E-state index is 13.9. The van der Waals surface area contributed by atoms with Crippen molar-refractivity contribution in [2.24, 2.45) is 5.41 Å². The highest BCUT2D eigenvalue weighted by Crippen LogP contribution is 2.52. The first-order chi connectivity index (χ1) is 10.8. The minimum Gasteiger partial charge on any atom is -0.305 e. The molecule has 0 aromatic rings. The summed E-state index contributed by atoms with van der Waals surface area (Å²) < 4.78 is 0. The summed E-state index contributed by atoms with van der Waals surface area (Å²) in [6.07, 6.45) is 8.29. The molecule has 0 heterocycles. The Kier molecular flexibility index (Phi) is 7.62. The quantitative estimate of drug-likeness (QED) is 0.334. The van der Waals surface area contributed by atoms with E-state index in [9.17, 15) is 4.79 Å². The van der Waals surface area contributed by atoms with Crippen LogP contribution in [0.5, 0.6) is 0 Å². The van der Waals surface area contributed by atoms with E-state index in [2.05, 4.69) is 87.5 Å². The standard InChI is InChI=1S/C22H44OSi2/c1-14-15-16-22(8,9)17-18(24(10,11)20(2,3)4)19(23)25(12,13)21(5,6)7/h1,18H,15-17H2,2-13H3. The van der Waals surface area contributed by atoms with Gasteiger partial charge in [0.2, 0.25) is 0 Å². The molecule has 0 fully saturated rings. The Bertz CT molecular complexity index is 508. The van der Waals surface area contributed by atoms with Crippen molar-refractivity contribution in [3.8, 4) is 12.3 Å². The molecule has 1 atom stereocenters. The monoisotopic (exact) mass is 380 g/mol. The lowest BCUT2D eigenvalue weighted by Gasteiger charge is -2.49. The predicted octanol–water partition coefficient (Wildman–Crippen LogP) is 7.31. The third-order valence-corrected chi connectivity index (χ3v) is 19.0. The average molecular weight is 381 g/mol. The first kappa shape index (κ1) is 24.7. The summed E-state index contributed by atoms with van der Waals surface area (Å²) in [7, 11) is -3.84. The highest BCUT2D eigenvalue weighted by Gasteiger charge is 2.53. The summed E-state index contributed by atoms with van der Waals surface area (Å²) in [6, 6.07) is 0. The molecule has 0 aliphatic carbocycles. The van der Waals surface area contributed by atoms with E-state index in [0.717, 1.165) is 19.3 Å². The van der Waals surface area contributed by atoms with Crippen LogP contribution in [0.3, 0.4) is 0 Å². The van der Waals surface area contributed by atoms with Crippen molar-refractivity contribution >= 4 is 21.6 Å². The van der Waals surface area contributed by atoms with Crippen LogP contribution in [0, 0.1) is 17.8 Å². The van der Waals surface area contributed by atoms with Gasteiger partial charge in [0.25, 0.3) is 0 Å². The van der Waals surface area contributed by atoms with Gasteiger partial charge < -0.3 is 4.79 Å². The second-order valence-electron chi connectivity index (χ2n) is 11.8. The van der Waals surface area contributed by atoms with Crippen molar-refractivity contribution in [1.29, 1.82) is 0 Å². The highest BCUT2D eigenvalue weighted by molar-refractivity contribution is 7.10. The van der Waals surface area contributed by atoms with Gasteiger partial charge in [0.15, 0.2) is 0 Å². The minimum absolute atomic E-state index is 0.0909. The molecule has 0 aliphatic rings. The molecule has 1 unspecified atom stereocenters. The van der Waals surface area contributed by atoms with E-state index in [4.69, 9.17) is 6.42 Å². The molecule has 0 aromatic heterocycles. The average Bonchev–Trinajstić information content (AvgIpc) is 2.39. The summed E-state index contributed by atoms with van der Waals surface area (Å²) in [4.78, 5) is 13.9. The van der Waals surface area contributed by atoms with Crippen molar-refractivity contribution in [2.45, 2.75) is 116 Å². The summed E-state index contributed by atoms with van der Waals surface area (Å²) in [5.74, 6) is 2.78. The van der Waals surface area contributed by atoms with E-state index in [1.165, 1.54) is 0 Å². The predicted molar refractivity (Wildman–Crippen MR) is 120 cm³/mol. The fraction of sp³-hybridized carbons (Fsp3) is 0.864. The van der Waals surface area contributed by atoms with Crippen LogP contribution in [0.15, 0.2) is 0 Å². The molecule has 0 saturated carbocycles. The van der Waals surface area contributed by atoms with Gasteiger partial charge in [-0.1, -0.05) is 81.6 Å². The summed E-state index contributed by atoms with van der Waals surface area (Å²) in [5, 5.41) is 0.895. The third-order valence-electron chi connectivity index (χ3n) is 7.31. The highest BCUT2D eigenvalue weighted by atomic mass is 28.3. The lowest BCUT2D eigenvalue weighted by atomic mass is 9.83. The van der Waals surface area contributed by atoms with Gasteiger partial charge in [0.1, 0.15) is 13.5 Å². The Morgan fingerprint density at radius 1 is 0.920 bits per heavy atom. The number of hydrogen-bond donors (Lipinski definition) is 0. The lowest BCUT2D eigenvalue weighted by molar-refractivity contribution is -0.113. The molecule has 146 valence electrons. The summed E-state index contributed by atoms with van der Waals surface area (Å²) >= 11 is 0. The molecule has 0 aliphatic heterocycles. The van der Waals surface area contributed by atoms with E-state index in [1.54, 1.807) is 0 Å². The van der Waals surface area contributed by atoms with Gasteiger partial charge in [0, 0.05) is 12.0 Å². The van der Waals surface area contributed by atoms with Crippen LogP contribution in [-0.4, -0.2) is 21.6 Å². The van der Waals surface area contributed by atoms with Crippen LogP contribution in [0.1, 0.15) is 74.7 Å². The molecule has 0 rings (SSSR count). The van der Waals surface area contributed by atoms with Crippen LogP contribution in [0.25, 0.3) is 0 Å². The van der Waals surface area contributed by atoms with Crippen LogP contribution in [0.2, 0.25) is 41.8 Å². The second-order valence-corrected chi connectivity index (χ2v) is 22.7. The molecular formula is C22H44OSi2. The Morgan fingerprint density at radius 2 is 1.36 bits per heavy atom. The number of carbonyl (C=O) groups excluding carboxylic acids is 1. The van der Waals surface area contributed by atoms with Gasteiger partial charge in [-0.3, -0.25) is 0 Å². The van der Waals surface area contributed by atoms with Gasteiger partial charge >= 0.3 is 0 Å². The molecule has 0 N–H and O–H groups in total. The van der Waals surface area contributed by atoms with Crippen LogP contribution < -0.4 is 0 Å². The fourth-order valence-corrected chi connectivity index (χ4v) is 9.71. The van der Waals surface area contributed by atoms with E-state index < -0.39 is 16.1 Å². The Hall–Kier alpha value is -0.336. The SMILES string of the molecule is C#CCCC(C)(C)CC(C(=O)[Si](C)(C)C(C)(C)C)[Si](C)(C)C(C)(C)C. The molecule has 0 saturated heterocycles.